The summed E-state index contributed by atoms with van der Waals surface area (Å²) in [5.74, 6) is 0.445. The molecule has 0 N–H and O–H groups in total. The van der Waals surface area contributed by atoms with Crippen LogP contribution in [0.2, 0.25) is 0 Å². The number of rotatable bonds is 2. The van der Waals surface area contributed by atoms with Crippen LogP contribution in [0.5, 0.6) is 0 Å². The highest BCUT2D eigenvalue weighted by Crippen LogP contribution is 2.47. The lowest BCUT2D eigenvalue weighted by Crippen LogP contribution is -2.42. The van der Waals surface area contributed by atoms with Crippen LogP contribution in [0.15, 0.2) is 0 Å². The Balaban J connectivity index is 1.72. The molecule has 3 aliphatic rings. The standard InChI is InChI=1S/C11H17ClO3/c1-11(13-6-8(5-12)15-11)9-4-7-2-3-10(9)14-7/h7-10H,2-6H2,1H3. The molecule has 3 nitrogen and oxygen atoms in total. The van der Waals surface area contributed by atoms with E-state index in [-0.39, 0.29) is 6.10 Å². The Morgan fingerprint density at radius 1 is 1.40 bits per heavy atom. The zero-order valence-corrected chi connectivity index (χ0v) is 9.70. The Hall–Kier alpha value is 0.170. The molecular weight excluding hydrogens is 216 g/mol. The molecule has 0 amide bonds. The van der Waals surface area contributed by atoms with Gasteiger partial charge in [-0.1, -0.05) is 0 Å². The molecule has 5 atom stereocenters. The van der Waals surface area contributed by atoms with E-state index in [2.05, 4.69) is 0 Å². The second kappa shape index (κ2) is 3.59. The summed E-state index contributed by atoms with van der Waals surface area (Å²) in [5.41, 5.74) is 0. The minimum absolute atomic E-state index is 0.0517. The third-order valence-electron chi connectivity index (χ3n) is 3.91. The van der Waals surface area contributed by atoms with Gasteiger partial charge in [0.15, 0.2) is 5.79 Å². The molecule has 3 saturated heterocycles. The molecule has 2 bridgehead atoms. The average molecular weight is 233 g/mol. The van der Waals surface area contributed by atoms with Gasteiger partial charge in [-0.2, -0.15) is 0 Å². The Labute approximate surface area is 95.0 Å². The maximum atomic E-state index is 5.90. The first-order valence-corrected chi connectivity index (χ1v) is 6.28. The third-order valence-corrected chi connectivity index (χ3v) is 4.25. The molecule has 0 saturated carbocycles. The van der Waals surface area contributed by atoms with Crippen LogP contribution in [0.1, 0.15) is 26.2 Å². The molecule has 0 aromatic heterocycles. The summed E-state index contributed by atoms with van der Waals surface area (Å²) in [6, 6.07) is 0. The maximum Gasteiger partial charge on any atom is 0.171 e. The fraction of sp³-hybridized carbons (Fsp3) is 1.00. The molecule has 15 heavy (non-hydrogen) atoms. The molecule has 5 unspecified atom stereocenters. The molecule has 3 rings (SSSR count). The summed E-state index contributed by atoms with van der Waals surface area (Å²) in [5, 5.41) is 0. The first-order valence-electron chi connectivity index (χ1n) is 5.74. The van der Waals surface area contributed by atoms with E-state index in [1.54, 1.807) is 0 Å². The smallest absolute Gasteiger partial charge is 0.171 e. The van der Waals surface area contributed by atoms with Gasteiger partial charge < -0.3 is 14.2 Å². The molecule has 3 heterocycles. The van der Waals surface area contributed by atoms with Crippen molar-refractivity contribution in [2.24, 2.45) is 5.92 Å². The summed E-state index contributed by atoms with van der Waals surface area (Å²) in [7, 11) is 0. The van der Waals surface area contributed by atoms with E-state index in [1.807, 2.05) is 6.92 Å². The zero-order valence-electron chi connectivity index (χ0n) is 8.95. The number of hydrogen-bond acceptors (Lipinski definition) is 3. The normalized spacial score (nSPS) is 54.0. The fourth-order valence-corrected chi connectivity index (χ4v) is 3.27. The first-order chi connectivity index (χ1) is 7.21. The van der Waals surface area contributed by atoms with Gasteiger partial charge in [0.25, 0.3) is 0 Å². The van der Waals surface area contributed by atoms with Crippen LogP contribution in [0.4, 0.5) is 0 Å². The van der Waals surface area contributed by atoms with Crippen molar-refractivity contribution in [1.29, 1.82) is 0 Å². The van der Waals surface area contributed by atoms with Crippen LogP contribution >= 0.6 is 11.6 Å². The Morgan fingerprint density at radius 2 is 2.27 bits per heavy atom. The Morgan fingerprint density at radius 3 is 2.80 bits per heavy atom. The van der Waals surface area contributed by atoms with Crippen molar-refractivity contribution in [3.8, 4) is 0 Å². The van der Waals surface area contributed by atoms with Crippen LogP contribution in [-0.4, -0.2) is 36.6 Å². The second-order valence-corrected chi connectivity index (χ2v) is 5.25. The van der Waals surface area contributed by atoms with Gasteiger partial charge in [-0.3, -0.25) is 0 Å². The van der Waals surface area contributed by atoms with Crippen molar-refractivity contribution < 1.29 is 14.2 Å². The Bertz CT molecular complexity index is 260. The van der Waals surface area contributed by atoms with Gasteiger partial charge in [-0.25, -0.2) is 0 Å². The molecule has 0 aromatic carbocycles. The van der Waals surface area contributed by atoms with Crippen LogP contribution in [-0.2, 0) is 14.2 Å². The predicted molar refractivity (Wildman–Crippen MR) is 56.0 cm³/mol. The molecule has 86 valence electrons. The zero-order chi connectivity index (χ0) is 10.5. The number of ether oxygens (including phenoxy) is 3. The molecular formula is C11H17ClO3. The van der Waals surface area contributed by atoms with Crippen molar-refractivity contribution in [2.45, 2.75) is 50.3 Å². The average Bonchev–Trinajstić information content (AvgIpc) is 2.91. The highest BCUT2D eigenvalue weighted by molar-refractivity contribution is 6.18. The van der Waals surface area contributed by atoms with E-state index < -0.39 is 5.79 Å². The van der Waals surface area contributed by atoms with Gasteiger partial charge in [0.05, 0.1) is 30.8 Å². The van der Waals surface area contributed by atoms with Crippen LogP contribution < -0.4 is 0 Å². The molecule has 0 aliphatic carbocycles. The SMILES string of the molecule is CC1(C2CC3CCC2O3)OCC(CCl)O1. The third kappa shape index (κ3) is 1.60. The van der Waals surface area contributed by atoms with Gasteiger partial charge in [-0.05, 0) is 26.2 Å². The summed E-state index contributed by atoms with van der Waals surface area (Å²) in [6.45, 7) is 2.65. The first kappa shape index (κ1) is 10.3. The predicted octanol–water partition coefficient (Wildman–Crippen LogP) is 1.92. The molecule has 0 radical (unpaired) electrons. The van der Waals surface area contributed by atoms with Gasteiger partial charge in [0.2, 0.25) is 0 Å². The van der Waals surface area contributed by atoms with E-state index in [4.69, 9.17) is 25.8 Å². The number of fused-ring (bicyclic) bond motifs is 2. The molecule has 0 aromatic rings. The lowest BCUT2D eigenvalue weighted by molar-refractivity contribution is -0.199. The number of halogens is 1. The maximum absolute atomic E-state index is 5.90. The highest BCUT2D eigenvalue weighted by Gasteiger charge is 2.54. The van der Waals surface area contributed by atoms with Crippen molar-refractivity contribution in [1.82, 2.24) is 0 Å². The largest absolute Gasteiger partial charge is 0.374 e. The molecule has 0 spiro atoms. The van der Waals surface area contributed by atoms with Gasteiger partial charge in [0, 0.05) is 5.92 Å². The van der Waals surface area contributed by atoms with Gasteiger partial charge in [0.1, 0.15) is 0 Å². The van der Waals surface area contributed by atoms with E-state index >= 15 is 0 Å². The van der Waals surface area contributed by atoms with Crippen LogP contribution in [0.3, 0.4) is 0 Å². The summed E-state index contributed by atoms with van der Waals surface area (Å²) in [4.78, 5) is 0. The lowest BCUT2D eigenvalue weighted by Gasteiger charge is -2.33. The molecule has 3 aliphatic heterocycles. The van der Waals surface area contributed by atoms with Crippen molar-refractivity contribution in [2.75, 3.05) is 12.5 Å². The van der Waals surface area contributed by atoms with E-state index in [0.29, 0.717) is 30.6 Å². The van der Waals surface area contributed by atoms with E-state index in [9.17, 15) is 0 Å². The van der Waals surface area contributed by atoms with Crippen molar-refractivity contribution in [3.05, 3.63) is 0 Å². The second-order valence-electron chi connectivity index (χ2n) is 4.94. The Kier molecular flexibility index (Phi) is 2.47. The summed E-state index contributed by atoms with van der Waals surface area (Å²) >= 11 is 5.78. The van der Waals surface area contributed by atoms with Crippen LogP contribution in [0, 0.1) is 5.92 Å². The van der Waals surface area contributed by atoms with Crippen molar-refractivity contribution in [3.63, 3.8) is 0 Å². The van der Waals surface area contributed by atoms with E-state index in [0.717, 1.165) is 12.8 Å². The van der Waals surface area contributed by atoms with Gasteiger partial charge in [-0.15, -0.1) is 11.6 Å². The summed E-state index contributed by atoms with van der Waals surface area (Å²) < 4.78 is 17.5. The topological polar surface area (TPSA) is 27.7 Å². The minimum atomic E-state index is -0.459. The monoisotopic (exact) mass is 232 g/mol. The summed E-state index contributed by atoms with van der Waals surface area (Å²) in [6.07, 6.45) is 4.28. The highest BCUT2D eigenvalue weighted by atomic mass is 35.5. The van der Waals surface area contributed by atoms with E-state index in [1.165, 1.54) is 6.42 Å². The van der Waals surface area contributed by atoms with Gasteiger partial charge >= 0.3 is 0 Å². The van der Waals surface area contributed by atoms with Crippen LogP contribution in [0.25, 0.3) is 0 Å². The number of hydrogen-bond donors (Lipinski definition) is 0. The lowest BCUT2D eigenvalue weighted by atomic mass is 9.83. The molecule has 3 fully saturated rings. The fourth-order valence-electron chi connectivity index (χ4n) is 3.12. The minimum Gasteiger partial charge on any atom is -0.374 e. The number of alkyl halides is 1. The van der Waals surface area contributed by atoms with Crippen molar-refractivity contribution >= 4 is 11.6 Å². The molecule has 4 heteroatoms. The quantitative estimate of drug-likeness (QED) is 0.681.